The maximum absolute atomic E-state index is 3.47. The summed E-state index contributed by atoms with van der Waals surface area (Å²) in [4.78, 5) is 3.08. The molecule has 0 saturated carbocycles. The van der Waals surface area contributed by atoms with Gasteiger partial charge in [0, 0.05) is 22.1 Å². The lowest BCUT2D eigenvalue weighted by Gasteiger charge is -2.14. The molecule has 1 N–H and O–H groups in total. The molecular weight excluding hydrogens is 228 g/mol. The fourth-order valence-electron chi connectivity index (χ4n) is 2.43. The molecule has 0 amide bonds. The molecule has 0 spiro atoms. The van der Waals surface area contributed by atoms with Gasteiger partial charge in [-0.15, -0.1) is 11.3 Å². The average molecular weight is 246 g/mol. The third kappa shape index (κ3) is 2.25. The number of aryl methyl sites for hydroxylation is 2. The second-order valence-corrected chi connectivity index (χ2v) is 5.91. The molecule has 1 unspecified atom stereocenters. The molecule has 1 aliphatic carbocycles. The minimum absolute atomic E-state index is 0.387. The van der Waals surface area contributed by atoms with E-state index in [2.05, 4.69) is 18.4 Å². The number of nitrogens with zero attached hydrogens (tertiary/aromatic N) is 1. The van der Waals surface area contributed by atoms with Crippen molar-refractivity contribution < 1.29 is 0 Å². The van der Waals surface area contributed by atoms with Crippen LogP contribution in [0, 0.1) is 0 Å². The van der Waals surface area contributed by atoms with Gasteiger partial charge in [0.25, 0.3) is 0 Å². The largest absolute Gasteiger partial charge is 0.318 e. The summed E-state index contributed by atoms with van der Waals surface area (Å²) in [7, 11) is 0. The highest BCUT2D eigenvalue weighted by Gasteiger charge is 2.16. The fourth-order valence-corrected chi connectivity index (χ4v) is 3.69. The van der Waals surface area contributed by atoms with Crippen molar-refractivity contribution in [3.8, 4) is 0 Å². The van der Waals surface area contributed by atoms with E-state index in [0.717, 1.165) is 0 Å². The van der Waals surface area contributed by atoms with E-state index in [4.69, 9.17) is 0 Å². The van der Waals surface area contributed by atoms with Crippen LogP contribution in [0.15, 0.2) is 30.6 Å². The van der Waals surface area contributed by atoms with Gasteiger partial charge in [0.2, 0.25) is 0 Å². The highest BCUT2D eigenvalue weighted by atomic mass is 32.1. The van der Waals surface area contributed by atoms with Crippen LogP contribution in [-0.2, 0) is 12.8 Å². The Hall–Kier alpha value is -1.22. The van der Waals surface area contributed by atoms with Crippen molar-refractivity contribution in [2.24, 2.45) is 0 Å². The smallest absolute Gasteiger partial charge is 0.0738 e. The van der Waals surface area contributed by atoms with Crippen LogP contribution in [0.2, 0.25) is 0 Å². The van der Waals surface area contributed by atoms with Crippen LogP contribution in [-0.4, -0.2) is 4.68 Å². The molecule has 0 aromatic carbocycles. The van der Waals surface area contributed by atoms with Gasteiger partial charge in [-0.05, 0) is 56.4 Å². The van der Waals surface area contributed by atoms with E-state index in [0.29, 0.717) is 6.04 Å². The second kappa shape index (κ2) is 4.57. The van der Waals surface area contributed by atoms with Gasteiger partial charge in [0.1, 0.15) is 0 Å². The Morgan fingerprint density at radius 1 is 1.24 bits per heavy atom. The topological polar surface area (TPSA) is 17.0 Å². The standard InChI is InChI=1S/C14H18N2S/c1-11(15-16-8-4-5-9-16)14-10-12-6-2-3-7-13(12)17-14/h4-5,8-11,15H,2-3,6-7H2,1H3. The number of hydrogen-bond acceptors (Lipinski definition) is 2. The molecule has 1 aliphatic rings. The van der Waals surface area contributed by atoms with Crippen LogP contribution in [0.3, 0.4) is 0 Å². The summed E-state index contributed by atoms with van der Waals surface area (Å²) >= 11 is 1.99. The minimum Gasteiger partial charge on any atom is -0.318 e. The van der Waals surface area contributed by atoms with Crippen molar-refractivity contribution in [2.45, 2.75) is 38.6 Å². The van der Waals surface area contributed by atoms with Crippen molar-refractivity contribution in [1.82, 2.24) is 4.68 Å². The summed E-state index contributed by atoms with van der Waals surface area (Å²) in [6, 6.07) is 6.87. The summed E-state index contributed by atoms with van der Waals surface area (Å²) in [6.45, 7) is 2.23. The van der Waals surface area contributed by atoms with Crippen molar-refractivity contribution in [1.29, 1.82) is 0 Å². The van der Waals surface area contributed by atoms with E-state index in [1.165, 1.54) is 30.6 Å². The van der Waals surface area contributed by atoms with Gasteiger partial charge >= 0.3 is 0 Å². The lowest BCUT2D eigenvalue weighted by Crippen LogP contribution is -2.15. The molecule has 17 heavy (non-hydrogen) atoms. The number of thiophene rings is 1. The summed E-state index contributed by atoms with van der Waals surface area (Å²) < 4.78 is 2.03. The van der Waals surface area contributed by atoms with Crippen LogP contribution in [0.1, 0.15) is 41.1 Å². The molecule has 2 aromatic heterocycles. The van der Waals surface area contributed by atoms with Crippen molar-refractivity contribution in [3.63, 3.8) is 0 Å². The van der Waals surface area contributed by atoms with Crippen molar-refractivity contribution in [3.05, 3.63) is 45.9 Å². The van der Waals surface area contributed by atoms with Crippen molar-refractivity contribution in [2.75, 3.05) is 5.43 Å². The van der Waals surface area contributed by atoms with Crippen LogP contribution < -0.4 is 5.43 Å². The molecule has 0 saturated heterocycles. The number of fused-ring (bicyclic) bond motifs is 1. The van der Waals surface area contributed by atoms with Crippen LogP contribution in [0.25, 0.3) is 0 Å². The van der Waals surface area contributed by atoms with E-state index in [1.807, 2.05) is 40.5 Å². The molecule has 0 fully saturated rings. The van der Waals surface area contributed by atoms with Gasteiger partial charge in [-0.2, -0.15) is 0 Å². The van der Waals surface area contributed by atoms with Crippen LogP contribution >= 0.6 is 11.3 Å². The van der Waals surface area contributed by atoms with Gasteiger partial charge in [-0.25, -0.2) is 0 Å². The van der Waals surface area contributed by atoms with Gasteiger partial charge in [-0.1, -0.05) is 0 Å². The molecule has 0 bridgehead atoms. The summed E-state index contributed by atoms with van der Waals surface area (Å²) in [5, 5.41) is 0. The molecule has 3 heteroatoms. The normalized spacial score (nSPS) is 16.5. The van der Waals surface area contributed by atoms with Crippen molar-refractivity contribution >= 4 is 11.3 Å². The zero-order chi connectivity index (χ0) is 11.7. The average Bonchev–Trinajstić information content (AvgIpc) is 2.96. The number of nitrogens with one attached hydrogen (secondary N) is 1. The quantitative estimate of drug-likeness (QED) is 0.873. The predicted molar refractivity (Wildman–Crippen MR) is 73.2 cm³/mol. The van der Waals surface area contributed by atoms with Crippen LogP contribution in [0.4, 0.5) is 0 Å². The van der Waals surface area contributed by atoms with Gasteiger partial charge in [-0.3, -0.25) is 4.68 Å². The summed E-state index contributed by atoms with van der Waals surface area (Å²) in [5.74, 6) is 0. The van der Waals surface area contributed by atoms with Crippen LogP contribution in [0.5, 0.6) is 0 Å². The third-order valence-electron chi connectivity index (χ3n) is 3.39. The number of rotatable bonds is 3. The highest BCUT2D eigenvalue weighted by Crippen LogP contribution is 2.32. The zero-order valence-corrected chi connectivity index (χ0v) is 11.0. The molecule has 2 nitrogen and oxygen atoms in total. The Kier molecular flexibility index (Phi) is 2.93. The van der Waals surface area contributed by atoms with E-state index in [1.54, 1.807) is 10.4 Å². The zero-order valence-electron chi connectivity index (χ0n) is 10.1. The predicted octanol–water partition coefficient (Wildman–Crippen LogP) is 3.73. The molecule has 2 heterocycles. The summed E-state index contributed by atoms with van der Waals surface area (Å²) in [6.07, 6.45) is 9.39. The fraction of sp³-hybridized carbons (Fsp3) is 0.429. The Balaban J connectivity index is 1.77. The Labute approximate surface area is 106 Å². The first kappa shape index (κ1) is 10.9. The lowest BCUT2D eigenvalue weighted by atomic mass is 9.99. The Morgan fingerprint density at radius 2 is 2.00 bits per heavy atom. The molecular formula is C14H18N2S. The minimum atomic E-state index is 0.387. The SMILES string of the molecule is CC(Nn1cccc1)c1cc2c(s1)CCCC2. The molecule has 1 atom stereocenters. The van der Waals surface area contributed by atoms with E-state index < -0.39 is 0 Å². The maximum Gasteiger partial charge on any atom is 0.0738 e. The first-order chi connectivity index (χ1) is 8.33. The first-order valence-electron chi connectivity index (χ1n) is 6.34. The molecule has 0 aliphatic heterocycles. The Morgan fingerprint density at radius 3 is 2.76 bits per heavy atom. The van der Waals surface area contributed by atoms with E-state index >= 15 is 0 Å². The van der Waals surface area contributed by atoms with E-state index in [-0.39, 0.29) is 0 Å². The monoisotopic (exact) mass is 246 g/mol. The highest BCUT2D eigenvalue weighted by molar-refractivity contribution is 7.12. The first-order valence-corrected chi connectivity index (χ1v) is 7.15. The Bertz CT molecular complexity index is 461. The lowest BCUT2D eigenvalue weighted by molar-refractivity contribution is 0.695. The number of hydrogen-bond donors (Lipinski definition) is 1. The maximum atomic E-state index is 3.47. The van der Waals surface area contributed by atoms with Gasteiger partial charge in [0.05, 0.1) is 6.04 Å². The molecule has 0 radical (unpaired) electrons. The third-order valence-corrected chi connectivity index (χ3v) is 4.81. The van der Waals surface area contributed by atoms with Gasteiger partial charge < -0.3 is 5.43 Å². The molecule has 3 rings (SSSR count). The number of aromatic nitrogens is 1. The summed E-state index contributed by atoms with van der Waals surface area (Å²) in [5.41, 5.74) is 5.07. The van der Waals surface area contributed by atoms with Gasteiger partial charge in [0.15, 0.2) is 0 Å². The molecule has 90 valence electrons. The molecule has 2 aromatic rings. The second-order valence-electron chi connectivity index (χ2n) is 4.75. The van der Waals surface area contributed by atoms with E-state index in [9.17, 15) is 0 Å².